The van der Waals surface area contributed by atoms with Crippen LogP contribution in [0.2, 0.25) is 0 Å². The molecule has 0 fully saturated rings. The highest BCUT2D eigenvalue weighted by molar-refractivity contribution is 7.91. The highest BCUT2D eigenvalue weighted by Gasteiger charge is 2.16. The smallest absolute Gasteiger partial charge is 0.238 e. The van der Waals surface area contributed by atoms with Gasteiger partial charge in [0.05, 0.1) is 12.9 Å². The number of rotatable bonds is 6. The Labute approximate surface area is 146 Å². The lowest BCUT2D eigenvalue weighted by atomic mass is 10.1. The second-order valence-corrected chi connectivity index (χ2v) is 7.05. The quantitative estimate of drug-likeness (QED) is 0.735. The maximum absolute atomic E-state index is 12.5. The van der Waals surface area contributed by atoms with Gasteiger partial charge in [0, 0.05) is 18.0 Å². The lowest BCUT2D eigenvalue weighted by Gasteiger charge is -2.11. The number of hydrogen-bond acceptors (Lipinski definition) is 5. The van der Waals surface area contributed by atoms with E-state index >= 15 is 0 Å². The van der Waals surface area contributed by atoms with Crippen LogP contribution in [0.5, 0.6) is 5.75 Å². The van der Waals surface area contributed by atoms with E-state index < -0.39 is 10.0 Å². The molecule has 25 heavy (non-hydrogen) atoms. The number of aromatic nitrogens is 2. The average molecular weight is 355 g/mol. The highest BCUT2D eigenvalue weighted by Crippen LogP contribution is 2.27. The van der Waals surface area contributed by atoms with Gasteiger partial charge in [0.2, 0.25) is 10.0 Å². The summed E-state index contributed by atoms with van der Waals surface area (Å²) in [7, 11) is -2.05. The van der Waals surface area contributed by atoms with Gasteiger partial charge in [0.25, 0.3) is 0 Å². The summed E-state index contributed by atoms with van der Waals surface area (Å²) in [4.78, 5) is 8.41. The van der Waals surface area contributed by atoms with Gasteiger partial charge >= 0.3 is 0 Å². The third-order valence-electron chi connectivity index (χ3n) is 3.49. The van der Waals surface area contributed by atoms with Gasteiger partial charge < -0.3 is 4.74 Å². The Bertz CT molecular complexity index is 960. The molecule has 0 saturated heterocycles. The van der Waals surface area contributed by atoms with Crippen LogP contribution in [0, 0.1) is 0 Å². The molecule has 0 radical (unpaired) electrons. The summed E-state index contributed by atoms with van der Waals surface area (Å²) in [5.74, 6) is 0.704. The summed E-state index contributed by atoms with van der Waals surface area (Å²) in [5.41, 5.74) is 1.85. The molecule has 1 N–H and O–H groups in total. The number of sulfonamides is 1. The predicted molar refractivity (Wildman–Crippen MR) is 96.7 cm³/mol. The summed E-state index contributed by atoms with van der Waals surface area (Å²) in [6, 6.07) is 16.2. The second kappa shape index (κ2) is 7.31. The largest absolute Gasteiger partial charge is 0.497 e. The molecule has 1 aromatic heterocycles. The normalized spacial score (nSPS) is 11.1. The van der Waals surface area contributed by atoms with Crippen LogP contribution in [0.4, 0.5) is 5.82 Å². The number of nitrogens with one attached hydrogen (secondary N) is 1. The first-order valence-electron chi connectivity index (χ1n) is 7.57. The Morgan fingerprint density at radius 2 is 1.76 bits per heavy atom. The maximum atomic E-state index is 12.5. The molecule has 128 valence electrons. The van der Waals surface area contributed by atoms with E-state index in [-0.39, 0.29) is 11.6 Å². The van der Waals surface area contributed by atoms with E-state index in [0.29, 0.717) is 22.6 Å². The summed E-state index contributed by atoms with van der Waals surface area (Å²) in [6.07, 6.45) is 2.97. The number of hydrogen-bond donors (Lipinski definition) is 1. The average Bonchev–Trinajstić information content (AvgIpc) is 2.62. The topological polar surface area (TPSA) is 81.2 Å². The molecule has 1 heterocycles. The van der Waals surface area contributed by atoms with E-state index in [1.54, 1.807) is 43.5 Å². The molecule has 7 heteroatoms. The van der Waals surface area contributed by atoms with Gasteiger partial charge in [-0.05, 0) is 17.7 Å². The molecule has 0 aliphatic rings. The SMILES string of the molecule is COc1cccc(-c2nccnc2NS(=O)(=O)Cc2ccccc2)c1. The van der Waals surface area contributed by atoms with Crippen LogP contribution in [-0.4, -0.2) is 25.5 Å². The monoisotopic (exact) mass is 355 g/mol. The zero-order valence-corrected chi connectivity index (χ0v) is 14.4. The maximum Gasteiger partial charge on any atom is 0.238 e. The van der Waals surface area contributed by atoms with Gasteiger partial charge in [-0.15, -0.1) is 0 Å². The van der Waals surface area contributed by atoms with Crippen LogP contribution in [0.15, 0.2) is 67.0 Å². The van der Waals surface area contributed by atoms with Crippen LogP contribution in [0.1, 0.15) is 5.56 Å². The third kappa shape index (κ3) is 4.33. The zero-order chi connectivity index (χ0) is 17.7. The Balaban J connectivity index is 1.90. The lowest BCUT2D eigenvalue weighted by Crippen LogP contribution is -2.17. The van der Waals surface area contributed by atoms with Crippen LogP contribution in [0.3, 0.4) is 0 Å². The van der Waals surface area contributed by atoms with Crippen LogP contribution in [0.25, 0.3) is 11.3 Å². The van der Waals surface area contributed by atoms with Crippen molar-refractivity contribution in [1.82, 2.24) is 9.97 Å². The van der Waals surface area contributed by atoms with Gasteiger partial charge in [0.15, 0.2) is 5.82 Å². The van der Waals surface area contributed by atoms with Gasteiger partial charge in [-0.1, -0.05) is 42.5 Å². The fourth-order valence-corrected chi connectivity index (χ4v) is 3.52. The van der Waals surface area contributed by atoms with E-state index in [9.17, 15) is 8.42 Å². The summed E-state index contributed by atoms with van der Waals surface area (Å²) >= 11 is 0. The van der Waals surface area contributed by atoms with Crippen molar-refractivity contribution < 1.29 is 13.2 Å². The Morgan fingerprint density at radius 3 is 2.52 bits per heavy atom. The predicted octanol–water partition coefficient (Wildman–Crippen LogP) is 3.09. The summed E-state index contributed by atoms with van der Waals surface area (Å²) < 4.78 is 32.7. The molecule has 6 nitrogen and oxygen atoms in total. The molecule has 0 bridgehead atoms. The summed E-state index contributed by atoms with van der Waals surface area (Å²) in [5, 5.41) is 0. The Kier molecular flexibility index (Phi) is 4.95. The fraction of sp³-hybridized carbons (Fsp3) is 0.111. The number of nitrogens with zero attached hydrogens (tertiary/aromatic N) is 2. The fourth-order valence-electron chi connectivity index (χ4n) is 2.37. The number of benzene rings is 2. The molecule has 0 aliphatic carbocycles. The zero-order valence-electron chi connectivity index (χ0n) is 13.6. The number of methoxy groups -OCH3 is 1. The van der Waals surface area contributed by atoms with E-state index in [4.69, 9.17) is 4.74 Å². The lowest BCUT2D eigenvalue weighted by molar-refractivity contribution is 0.415. The van der Waals surface area contributed by atoms with Crippen molar-refractivity contribution in [2.75, 3.05) is 11.8 Å². The Morgan fingerprint density at radius 1 is 1.00 bits per heavy atom. The van der Waals surface area contributed by atoms with Crippen LogP contribution >= 0.6 is 0 Å². The van der Waals surface area contributed by atoms with Crippen LogP contribution in [-0.2, 0) is 15.8 Å². The molecule has 3 aromatic rings. The first-order chi connectivity index (χ1) is 12.1. The molecule has 0 unspecified atom stereocenters. The number of anilines is 1. The van der Waals surface area contributed by atoms with E-state index in [0.717, 1.165) is 0 Å². The van der Waals surface area contributed by atoms with E-state index in [1.165, 1.54) is 12.4 Å². The van der Waals surface area contributed by atoms with Gasteiger partial charge in [0.1, 0.15) is 11.4 Å². The van der Waals surface area contributed by atoms with E-state index in [2.05, 4.69) is 14.7 Å². The minimum atomic E-state index is -3.62. The van der Waals surface area contributed by atoms with Crippen molar-refractivity contribution in [1.29, 1.82) is 0 Å². The minimum Gasteiger partial charge on any atom is -0.497 e. The molecule has 0 spiro atoms. The molecule has 2 aromatic carbocycles. The van der Waals surface area contributed by atoms with Crippen molar-refractivity contribution in [3.05, 3.63) is 72.6 Å². The second-order valence-electron chi connectivity index (χ2n) is 5.33. The van der Waals surface area contributed by atoms with Gasteiger partial charge in [-0.25, -0.2) is 13.4 Å². The van der Waals surface area contributed by atoms with Crippen molar-refractivity contribution in [2.45, 2.75) is 5.75 Å². The summed E-state index contributed by atoms with van der Waals surface area (Å²) in [6.45, 7) is 0. The molecule has 0 atom stereocenters. The van der Waals surface area contributed by atoms with Crippen molar-refractivity contribution in [3.8, 4) is 17.0 Å². The molecular formula is C18H17N3O3S. The highest BCUT2D eigenvalue weighted by atomic mass is 32.2. The molecule has 0 amide bonds. The van der Waals surface area contributed by atoms with Crippen molar-refractivity contribution >= 4 is 15.8 Å². The minimum absolute atomic E-state index is 0.137. The van der Waals surface area contributed by atoms with Crippen molar-refractivity contribution in [3.63, 3.8) is 0 Å². The van der Waals surface area contributed by atoms with E-state index in [1.807, 2.05) is 18.2 Å². The molecule has 0 aliphatic heterocycles. The number of ether oxygens (including phenoxy) is 1. The molecule has 0 saturated carbocycles. The van der Waals surface area contributed by atoms with Gasteiger partial charge in [-0.2, -0.15) is 0 Å². The first-order valence-corrected chi connectivity index (χ1v) is 9.22. The molecule has 3 rings (SSSR count). The Hall–Kier alpha value is -2.93. The third-order valence-corrected chi connectivity index (χ3v) is 4.71. The van der Waals surface area contributed by atoms with Gasteiger partial charge in [-0.3, -0.25) is 9.71 Å². The molecular weight excluding hydrogens is 338 g/mol. The van der Waals surface area contributed by atoms with Crippen LogP contribution < -0.4 is 9.46 Å². The van der Waals surface area contributed by atoms with Crippen molar-refractivity contribution in [2.24, 2.45) is 0 Å². The first kappa shape index (κ1) is 16.9. The standard InChI is InChI=1S/C18H17N3O3S/c1-24-16-9-5-8-15(12-16)17-18(20-11-10-19-17)21-25(22,23)13-14-6-3-2-4-7-14/h2-12H,13H2,1H3,(H,20,21).